The van der Waals surface area contributed by atoms with Gasteiger partial charge in [0.1, 0.15) is 9.75 Å². The van der Waals surface area contributed by atoms with E-state index in [4.69, 9.17) is 9.47 Å². The molecule has 3 rings (SSSR count). The molecule has 0 unspecified atom stereocenters. The fourth-order valence-corrected chi connectivity index (χ4v) is 3.32. The van der Waals surface area contributed by atoms with Crippen molar-refractivity contribution in [3.8, 4) is 0 Å². The highest BCUT2D eigenvalue weighted by Gasteiger charge is 2.34. The van der Waals surface area contributed by atoms with E-state index in [1.807, 2.05) is 0 Å². The van der Waals surface area contributed by atoms with Crippen LogP contribution in [0.25, 0.3) is 0 Å². The summed E-state index contributed by atoms with van der Waals surface area (Å²) >= 11 is 2.50. The molecule has 0 saturated carbocycles. The fraction of sp³-hybridized carbons (Fsp3) is 0.467. The molecule has 8 nitrogen and oxygen atoms in total. The lowest BCUT2D eigenvalue weighted by Crippen LogP contribution is -2.54. The smallest absolute Gasteiger partial charge is 0.263 e. The summed E-state index contributed by atoms with van der Waals surface area (Å²) in [6.07, 6.45) is 3.01. The second-order valence-electron chi connectivity index (χ2n) is 5.91. The second kappa shape index (κ2) is 7.56. The second-order valence-corrected chi connectivity index (χ2v) is 7.69. The van der Waals surface area contributed by atoms with Crippen LogP contribution in [-0.2, 0) is 9.47 Å². The van der Waals surface area contributed by atoms with Gasteiger partial charge in [-0.15, -0.1) is 22.7 Å². The number of ether oxygens (including phenoxy) is 2. The van der Waals surface area contributed by atoms with Crippen molar-refractivity contribution in [3.05, 3.63) is 33.2 Å². The zero-order valence-electron chi connectivity index (χ0n) is 13.7. The monoisotopic (exact) mass is 382 g/mol. The number of carbonyl (C=O) groups excluding carboxylic acids is 2. The highest BCUT2D eigenvalue weighted by molar-refractivity contribution is 7.12. The van der Waals surface area contributed by atoms with E-state index in [0.29, 0.717) is 9.75 Å². The van der Waals surface area contributed by atoms with Crippen molar-refractivity contribution in [2.75, 3.05) is 13.2 Å². The van der Waals surface area contributed by atoms with E-state index in [1.165, 1.54) is 35.1 Å². The van der Waals surface area contributed by atoms with E-state index in [0.717, 1.165) is 0 Å². The van der Waals surface area contributed by atoms with Gasteiger partial charge in [-0.3, -0.25) is 19.6 Å². The number of thiazole rings is 2. The van der Waals surface area contributed by atoms with Crippen LogP contribution in [0.3, 0.4) is 0 Å². The van der Waals surface area contributed by atoms with Gasteiger partial charge in [-0.1, -0.05) is 0 Å². The zero-order chi connectivity index (χ0) is 17.9. The van der Waals surface area contributed by atoms with Gasteiger partial charge in [-0.2, -0.15) is 0 Å². The molecule has 2 aromatic rings. The molecule has 3 heterocycles. The molecule has 1 aliphatic rings. The minimum Gasteiger partial charge on any atom is -0.348 e. The van der Waals surface area contributed by atoms with Crippen molar-refractivity contribution in [3.63, 3.8) is 0 Å². The number of aromatic nitrogens is 2. The molecular formula is C15H18N4O4S2. The van der Waals surface area contributed by atoms with Crippen molar-refractivity contribution in [1.82, 2.24) is 20.6 Å². The quantitative estimate of drug-likeness (QED) is 0.826. The van der Waals surface area contributed by atoms with Gasteiger partial charge in [0.25, 0.3) is 11.8 Å². The summed E-state index contributed by atoms with van der Waals surface area (Å²) < 4.78 is 11.4. The highest BCUT2D eigenvalue weighted by atomic mass is 32.1. The van der Waals surface area contributed by atoms with Crippen molar-refractivity contribution in [1.29, 1.82) is 0 Å². The topological polar surface area (TPSA) is 102 Å². The molecule has 0 bridgehead atoms. The molecule has 1 saturated heterocycles. The Bertz CT molecular complexity index is 658. The number of hydrogen-bond donors (Lipinski definition) is 2. The first-order valence-corrected chi connectivity index (χ1v) is 9.37. The molecule has 0 spiro atoms. The normalized spacial score (nSPS) is 22.8. The van der Waals surface area contributed by atoms with Crippen LogP contribution in [0.5, 0.6) is 0 Å². The number of hydrogen-bond acceptors (Lipinski definition) is 8. The van der Waals surface area contributed by atoms with Gasteiger partial charge in [0.05, 0.1) is 48.7 Å². The first-order valence-electron chi connectivity index (χ1n) is 7.61. The Morgan fingerprint density at radius 3 is 1.80 bits per heavy atom. The van der Waals surface area contributed by atoms with Crippen LogP contribution in [0, 0.1) is 0 Å². The van der Waals surface area contributed by atoms with Gasteiger partial charge >= 0.3 is 0 Å². The Kier molecular flexibility index (Phi) is 5.42. The molecule has 0 aromatic carbocycles. The van der Waals surface area contributed by atoms with Gasteiger partial charge in [-0.05, 0) is 13.8 Å². The SMILES string of the molecule is CC1(C)OC[C@H](NC(=O)c2cncs2)[C@H](NC(=O)c2cncs2)CO1. The summed E-state index contributed by atoms with van der Waals surface area (Å²) in [6.45, 7) is 4.02. The highest BCUT2D eigenvalue weighted by Crippen LogP contribution is 2.19. The number of carbonyl (C=O) groups is 2. The Morgan fingerprint density at radius 1 is 1.00 bits per heavy atom. The summed E-state index contributed by atoms with van der Waals surface area (Å²) in [6, 6.07) is -0.874. The molecule has 1 aliphatic heterocycles. The lowest BCUT2D eigenvalue weighted by molar-refractivity contribution is -0.201. The maximum Gasteiger partial charge on any atom is 0.263 e. The molecular weight excluding hydrogens is 364 g/mol. The molecule has 0 aliphatic carbocycles. The van der Waals surface area contributed by atoms with E-state index in [-0.39, 0.29) is 25.0 Å². The first-order chi connectivity index (χ1) is 11.9. The van der Waals surface area contributed by atoms with Gasteiger partial charge in [0, 0.05) is 0 Å². The van der Waals surface area contributed by atoms with Crippen LogP contribution < -0.4 is 10.6 Å². The summed E-state index contributed by atoms with van der Waals surface area (Å²) in [5.74, 6) is -1.31. The fourth-order valence-electron chi connectivity index (χ4n) is 2.27. The Balaban J connectivity index is 1.73. The molecule has 2 amide bonds. The zero-order valence-corrected chi connectivity index (χ0v) is 15.4. The third-order valence-electron chi connectivity index (χ3n) is 3.65. The third-order valence-corrected chi connectivity index (χ3v) is 5.20. The van der Waals surface area contributed by atoms with Crippen LogP contribution in [-0.4, -0.2) is 52.9 Å². The molecule has 2 N–H and O–H groups in total. The van der Waals surface area contributed by atoms with E-state index in [2.05, 4.69) is 20.6 Å². The molecule has 0 radical (unpaired) electrons. The standard InChI is InChI=1S/C15H18N4O4S2/c1-15(2)22-5-9(18-13(20)11-3-16-7-24-11)10(6-23-15)19-14(21)12-4-17-8-25-12/h3-4,7-10H,5-6H2,1-2H3,(H,18,20)(H,19,21)/t9-,10+. The molecule has 25 heavy (non-hydrogen) atoms. The van der Waals surface area contributed by atoms with Crippen molar-refractivity contribution in [2.24, 2.45) is 0 Å². The molecule has 2 aromatic heterocycles. The van der Waals surface area contributed by atoms with E-state index >= 15 is 0 Å². The van der Waals surface area contributed by atoms with Gasteiger partial charge in [0.15, 0.2) is 5.79 Å². The van der Waals surface area contributed by atoms with Crippen molar-refractivity contribution in [2.45, 2.75) is 31.7 Å². The summed E-state index contributed by atoms with van der Waals surface area (Å²) in [7, 11) is 0. The van der Waals surface area contributed by atoms with Crippen LogP contribution in [0.1, 0.15) is 33.2 Å². The van der Waals surface area contributed by atoms with Crippen LogP contribution in [0.4, 0.5) is 0 Å². The predicted octanol–water partition coefficient (Wildman–Crippen LogP) is 1.28. The number of nitrogens with zero attached hydrogens (tertiary/aromatic N) is 2. The Labute approximate surface area is 152 Å². The van der Waals surface area contributed by atoms with Crippen molar-refractivity contribution >= 4 is 34.5 Å². The summed E-state index contributed by atoms with van der Waals surface area (Å²) in [4.78, 5) is 33.5. The molecule has 1 fully saturated rings. The largest absolute Gasteiger partial charge is 0.348 e. The number of amides is 2. The molecule has 10 heteroatoms. The van der Waals surface area contributed by atoms with Crippen LogP contribution in [0.2, 0.25) is 0 Å². The Morgan fingerprint density at radius 2 is 1.44 bits per heavy atom. The average molecular weight is 382 g/mol. The third kappa shape index (κ3) is 4.60. The number of nitrogens with one attached hydrogen (secondary N) is 2. The molecule has 134 valence electrons. The minimum atomic E-state index is -0.794. The first kappa shape index (κ1) is 17.9. The van der Waals surface area contributed by atoms with Crippen LogP contribution in [0.15, 0.2) is 23.4 Å². The minimum absolute atomic E-state index is 0.213. The maximum absolute atomic E-state index is 12.3. The summed E-state index contributed by atoms with van der Waals surface area (Å²) in [5, 5.41) is 5.80. The van der Waals surface area contributed by atoms with Crippen molar-refractivity contribution < 1.29 is 19.1 Å². The Hall–Kier alpha value is -1.88. The van der Waals surface area contributed by atoms with Crippen LogP contribution >= 0.6 is 22.7 Å². The van der Waals surface area contributed by atoms with Gasteiger partial charge < -0.3 is 20.1 Å². The maximum atomic E-state index is 12.3. The van der Waals surface area contributed by atoms with Gasteiger partial charge in [0.2, 0.25) is 0 Å². The van der Waals surface area contributed by atoms with E-state index < -0.39 is 17.9 Å². The molecule has 2 atom stereocenters. The number of rotatable bonds is 4. The lowest BCUT2D eigenvalue weighted by atomic mass is 10.1. The van der Waals surface area contributed by atoms with Gasteiger partial charge in [-0.25, -0.2) is 0 Å². The predicted molar refractivity (Wildman–Crippen MR) is 92.7 cm³/mol. The summed E-state index contributed by atoms with van der Waals surface area (Å²) in [5.41, 5.74) is 3.18. The van der Waals surface area contributed by atoms with E-state index in [9.17, 15) is 9.59 Å². The van der Waals surface area contributed by atoms with E-state index in [1.54, 1.807) is 24.9 Å². The average Bonchev–Trinajstić information content (AvgIpc) is 3.26. The lowest BCUT2D eigenvalue weighted by Gasteiger charge is -2.25.